The maximum Gasteiger partial charge on any atom is 0.328 e. The molecule has 2 aromatic rings. The lowest BCUT2D eigenvalue weighted by Gasteiger charge is -1.88. The third-order valence-corrected chi connectivity index (χ3v) is 3.08. The second-order valence-electron chi connectivity index (χ2n) is 2.96. The van der Waals surface area contributed by atoms with Gasteiger partial charge in [0, 0.05) is 6.08 Å². The summed E-state index contributed by atoms with van der Waals surface area (Å²) in [7, 11) is 0. The molecule has 0 unspecified atom stereocenters. The summed E-state index contributed by atoms with van der Waals surface area (Å²) in [6, 6.07) is 3.68. The Kier molecular flexibility index (Phi) is 3.07. The van der Waals surface area contributed by atoms with Crippen LogP contribution in [-0.4, -0.2) is 21.0 Å². The van der Waals surface area contributed by atoms with Crippen molar-refractivity contribution in [2.75, 3.05) is 0 Å². The molecule has 0 aromatic carbocycles. The summed E-state index contributed by atoms with van der Waals surface area (Å²) in [5, 5.41) is 8.46. The van der Waals surface area contributed by atoms with Gasteiger partial charge in [0.05, 0.1) is 21.1 Å². The zero-order chi connectivity index (χ0) is 11.5. The number of carboxylic acid groups (broad SMARTS) is 1. The first-order valence-corrected chi connectivity index (χ1v) is 5.56. The molecule has 0 aliphatic rings. The Morgan fingerprint density at radius 1 is 1.56 bits per heavy atom. The van der Waals surface area contributed by atoms with Gasteiger partial charge in [-0.3, -0.25) is 0 Å². The minimum Gasteiger partial charge on any atom is -0.478 e. The molecule has 4 nitrogen and oxygen atoms in total. The van der Waals surface area contributed by atoms with E-state index in [2.05, 4.69) is 9.97 Å². The van der Waals surface area contributed by atoms with Gasteiger partial charge in [0.15, 0.2) is 0 Å². The van der Waals surface area contributed by atoms with Crippen LogP contribution in [0.5, 0.6) is 0 Å². The van der Waals surface area contributed by atoms with Gasteiger partial charge in [0.1, 0.15) is 5.82 Å². The number of hydrogen-bond acceptors (Lipinski definition) is 3. The number of aromatic nitrogens is 2. The lowest BCUT2D eigenvalue weighted by Crippen LogP contribution is -1.86. The van der Waals surface area contributed by atoms with Crippen molar-refractivity contribution in [1.82, 2.24) is 9.97 Å². The third-order valence-electron chi connectivity index (χ3n) is 1.82. The molecule has 0 saturated carbocycles. The molecule has 0 radical (unpaired) electrons. The summed E-state index contributed by atoms with van der Waals surface area (Å²) in [5.74, 6) is -0.501. The van der Waals surface area contributed by atoms with Crippen LogP contribution in [0.3, 0.4) is 0 Å². The topological polar surface area (TPSA) is 66.0 Å². The Labute approximate surface area is 100 Å². The summed E-state index contributed by atoms with van der Waals surface area (Å²) in [6.07, 6.45) is 4.08. The predicted octanol–water partition coefficient (Wildman–Crippen LogP) is 2.89. The van der Waals surface area contributed by atoms with Crippen molar-refractivity contribution in [2.45, 2.75) is 0 Å². The lowest BCUT2D eigenvalue weighted by molar-refractivity contribution is -0.131. The molecular weight excluding hydrogens is 248 g/mol. The van der Waals surface area contributed by atoms with Gasteiger partial charge in [-0.15, -0.1) is 11.3 Å². The number of thiophene rings is 1. The number of imidazole rings is 1. The molecule has 2 aromatic heterocycles. The molecule has 6 heteroatoms. The summed E-state index contributed by atoms with van der Waals surface area (Å²) in [5.41, 5.74) is 0.821. The van der Waals surface area contributed by atoms with Crippen molar-refractivity contribution in [2.24, 2.45) is 0 Å². The first kappa shape index (κ1) is 10.9. The molecule has 2 heterocycles. The molecule has 2 N–H and O–H groups in total. The molecule has 0 bridgehead atoms. The Balaban J connectivity index is 2.23. The fourth-order valence-electron chi connectivity index (χ4n) is 1.16. The largest absolute Gasteiger partial charge is 0.478 e. The van der Waals surface area contributed by atoms with Gasteiger partial charge in [-0.2, -0.15) is 0 Å². The smallest absolute Gasteiger partial charge is 0.328 e. The van der Waals surface area contributed by atoms with Crippen molar-refractivity contribution < 1.29 is 9.90 Å². The molecule has 82 valence electrons. The van der Waals surface area contributed by atoms with Crippen LogP contribution >= 0.6 is 22.9 Å². The highest BCUT2D eigenvalue weighted by molar-refractivity contribution is 7.19. The minimum absolute atomic E-state index is 0.502. The molecule has 0 aliphatic carbocycles. The number of H-pyrrole nitrogens is 1. The molecule has 0 amide bonds. The molecule has 0 aliphatic heterocycles. The molecular formula is C10H7ClN2O2S. The van der Waals surface area contributed by atoms with Crippen LogP contribution < -0.4 is 0 Å². The van der Waals surface area contributed by atoms with E-state index >= 15 is 0 Å². The molecule has 0 saturated heterocycles. The number of aromatic amines is 1. The van der Waals surface area contributed by atoms with Crippen molar-refractivity contribution >= 4 is 35.0 Å². The Hall–Kier alpha value is -1.59. The average Bonchev–Trinajstić information content (AvgIpc) is 2.83. The van der Waals surface area contributed by atoms with Gasteiger partial charge in [0.25, 0.3) is 0 Å². The van der Waals surface area contributed by atoms with Gasteiger partial charge in [-0.25, -0.2) is 9.78 Å². The number of aliphatic carboxylic acids is 1. The van der Waals surface area contributed by atoms with Gasteiger partial charge < -0.3 is 10.1 Å². The van der Waals surface area contributed by atoms with Gasteiger partial charge >= 0.3 is 5.97 Å². The van der Waals surface area contributed by atoms with E-state index in [9.17, 15) is 4.79 Å². The van der Waals surface area contributed by atoms with Crippen molar-refractivity contribution in [1.29, 1.82) is 0 Å². The number of hydrogen-bond donors (Lipinski definition) is 2. The number of nitrogens with zero attached hydrogens (tertiary/aromatic N) is 1. The van der Waals surface area contributed by atoms with E-state index in [1.54, 1.807) is 12.3 Å². The zero-order valence-electron chi connectivity index (χ0n) is 7.98. The minimum atomic E-state index is -1.00. The second-order valence-corrected chi connectivity index (χ2v) is 4.67. The number of halogens is 1. The van der Waals surface area contributed by atoms with Crippen LogP contribution in [0.2, 0.25) is 4.34 Å². The first-order chi connectivity index (χ1) is 7.65. The average molecular weight is 255 g/mol. The van der Waals surface area contributed by atoms with Crippen LogP contribution in [0.25, 0.3) is 16.6 Å². The number of rotatable bonds is 3. The van der Waals surface area contributed by atoms with E-state index < -0.39 is 5.97 Å². The van der Waals surface area contributed by atoms with E-state index in [-0.39, 0.29) is 0 Å². The number of carbonyl (C=O) groups is 1. The van der Waals surface area contributed by atoms with Crippen LogP contribution in [0.15, 0.2) is 24.4 Å². The number of carboxylic acids is 1. The van der Waals surface area contributed by atoms with E-state index in [1.165, 1.54) is 17.4 Å². The van der Waals surface area contributed by atoms with E-state index in [0.29, 0.717) is 10.2 Å². The fourth-order valence-corrected chi connectivity index (χ4v) is 2.16. The maximum atomic E-state index is 10.3. The highest BCUT2D eigenvalue weighted by atomic mass is 35.5. The quantitative estimate of drug-likeness (QED) is 0.828. The third kappa shape index (κ3) is 2.50. The van der Waals surface area contributed by atoms with Crippen molar-refractivity contribution in [3.63, 3.8) is 0 Å². The highest BCUT2D eigenvalue weighted by Gasteiger charge is 2.04. The predicted molar refractivity (Wildman–Crippen MR) is 63.6 cm³/mol. The SMILES string of the molecule is O=C(O)/C=C/c1ncc(-c2ccc(Cl)s2)[nH]1. The summed E-state index contributed by atoms with van der Waals surface area (Å²) in [4.78, 5) is 18.3. The normalized spacial score (nSPS) is 11.1. The summed E-state index contributed by atoms with van der Waals surface area (Å²) < 4.78 is 0.701. The van der Waals surface area contributed by atoms with E-state index in [4.69, 9.17) is 16.7 Å². The number of nitrogens with one attached hydrogen (secondary N) is 1. The monoisotopic (exact) mass is 254 g/mol. The highest BCUT2D eigenvalue weighted by Crippen LogP contribution is 2.29. The maximum absolute atomic E-state index is 10.3. The molecule has 0 atom stereocenters. The van der Waals surface area contributed by atoms with Gasteiger partial charge in [-0.1, -0.05) is 11.6 Å². The van der Waals surface area contributed by atoms with Crippen LogP contribution in [0.4, 0.5) is 0 Å². The summed E-state index contributed by atoms with van der Waals surface area (Å²) >= 11 is 7.24. The fraction of sp³-hybridized carbons (Fsp3) is 0. The summed E-state index contributed by atoms with van der Waals surface area (Å²) in [6.45, 7) is 0. The Bertz CT molecular complexity index is 545. The standard InChI is InChI=1S/C10H7ClN2O2S/c11-8-2-1-7(16-8)6-5-12-9(13-6)3-4-10(14)15/h1-5H,(H,12,13)(H,14,15)/b4-3+. The second kappa shape index (κ2) is 4.51. The lowest BCUT2D eigenvalue weighted by atomic mass is 10.4. The molecule has 0 fully saturated rings. The molecule has 2 rings (SSSR count). The van der Waals surface area contributed by atoms with E-state index in [1.807, 2.05) is 6.07 Å². The van der Waals surface area contributed by atoms with Crippen LogP contribution in [-0.2, 0) is 4.79 Å². The first-order valence-electron chi connectivity index (χ1n) is 4.37. The molecule has 16 heavy (non-hydrogen) atoms. The Morgan fingerprint density at radius 3 is 3.00 bits per heavy atom. The van der Waals surface area contributed by atoms with Crippen LogP contribution in [0.1, 0.15) is 5.82 Å². The zero-order valence-corrected chi connectivity index (χ0v) is 9.55. The molecule has 0 spiro atoms. The van der Waals surface area contributed by atoms with Gasteiger partial charge in [-0.05, 0) is 18.2 Å². The van der Waals surface area contributed by atoms with E-state index in [0.717, 1.165) is 16.6 Å². The van der Waals surface area contributed by atoms with Gasteiger partial charge in [0.2, 0.25) is 0 Å². The van der Waals surface area contributed by atoms with Crippen molar-refractivity contribution in [3.8, 4) is 10.6 Å². The van der Waals surface area contributed by atoms with Crippen LogP contribution in [0, 0.1) is 0 Å². The Morgan fingerprint density at radius 2 is 2.38 bits per heavy atom. The van der Waals surface area contributed by atoms with Crippen molar-refractivity contribution in [3.05, 3.63) is 34.6 Å².